The number of nitrogen functional groups attached to an aromatic ring is 1. The number of halogens is 1. The largest absolute Gasteiger partial charge is 0.399 e. The number of benzene rings is 1. The van der Waals surface area contributed by atoms with Gasteiger partial charge in [0, 0.05) is 25.9 Å². The smallest absolute Gasteiger partial charge is 0.243 e. The van der Waals surface area contributed by atoms with Gasteiger partial charge in [0.05, 0.1) is 11.0 Å². The average molecular weight is 288 g/mol. The van der Waals surface area contributed by atoms with Gasteiger partial charge >= 0.3 is 0 Å². The third kappa shape index (κ3) is 3.05. The summed E-state index contributed by atoms with van der Waals surface area (Å²) in [7, 11) is -2.16. The Morgan fingerprint density at radius 3 is 2.79 bits per heavy atom. The highest BCUT2D eigenvalue weighted by atomic mass is 32.2. The van der Waals surface area contributed by atoms with Gasteiger partial charge in [-0.15, -0.1) is 0 Å². The SMILES string of the molecule is COC1CCCN(S(=O)(=O)c2cc(N)cc(F)c2)C1. The van der Waals surface area contributed by atoms with Crippen molar-refractivity contribution in [1.82, 2.24) is 4.31 Å². The first-order chi connectivity index (χ1) is 8.93. The molecule has 1 aromatic rings. The summed E-state index contributed by atoms with van der Waals surface area (Å²) in [6, 6.07) is 3.35. The molecule has 0 aliphatic carbocycles. The molecule has 1 unspecified atom stereocenters. The summed E-state index contributed by atoms with van der Waals surface area (Å²) in [6.45, 7) is 0.702. The molecule has 1 aliphatic heterocycles. The van der Waals surface area contributed by atoms with E-state index in [0.29, 0.717) is 6.54 Å². The zero-order valence-electron chi connectivity index (χ0n) is 10.7. The van der Waals surface area contributed by atoms with Gasteiger partial charge in [-0.05, 0) is 31.0 Å². The molecular weight excluding hydrogens is 271 g/mol. The minimum absolute atomic E-state index is 0.0962. The standard InChI is InChI=1S/C12H17FN2O3S/c1-18-11-3-2-4-15(8-11)19(16,17)12-6-9(13)5-10(14)7-12/h5-7,11H,2-4,8,14H2,1H3. The summed E-state index contributed by atoms with van der Waals surface area (Å²) in [5.74, 6) is -0.654. The predicted octanol–water partition coefficient (Wildman–Crippen LogP) is 1.21. The van der Waals surface area contributed by atoms with E-state index < -0.39 is 15.8 Å². The molecule has 1 saturated heterocycles. The van der Waals surface area contributed by atoms with Crippen LogP contribution in [0.4, 0.5) is 10.1 Å². The molecule has 0 amide bonds. The van der Waals surface area contributed by atoms with Crippen LogP contribution in [-0.2, 0) is 14.8 Å². The Labute approximate surface area is 112 Å². The van der Waals surface area contributed by atoms with E-state index in [-0.39, 0.29) is 23.2 Å². The summed E-state index contributed by atoms with van der Waals surface area (Å²) >= 11 is 0. The molecule has 5 nitrogen and oxygen atoms in total. The second-order valence-corrected chi connectivity index (χ2v) is 6.52. The Bertz CT molecular complexity index is 542. The third-order valence-corrected chi connectivity index (χ3v) is 5.05. The average Bonchev–Trinajstić information content (AvgIpc) is 2.37. The second-order valence-electron chi connectivity index (χ2n) is 4.58. The van der Waals surface area contributed by atoms with E-state index in [0.717, 1.165) is 25.0 Å². The highest BCUT2D eigenvalue weighted by molar-refractivity contribution is 7.89. The van der Waals surface area contributed by atoms with Crippen LogP contribution in [0.15, 0.2) is 23.1 Å². The van der Waals surface area contributed by atoms with E-state index in [1.165, 1.54) is 10.4 Å². The van der Waals surface area contributed by atoms with E-state index in [4.69, 9.17) is 10.5 Å². The van der Waals surface area contributed by atoms with Crippen LogP contribution in [0.2, 0.25) is 0 Å². The maximum absolute atomic E-state index is 13.3. The molecule has 1 atom stereocenters. The molecule has 1 heterocycles. The Morgan fingerprint density at radius 2 is 2.16 bits per heavy atom. The number of anilines is 1. The summed E-state index contributed by atoms with van der Waals surface area (Å²) in [4.78, 5) is -0.109. The molecule has 19 heavy (non-hydrogen) atoms. The molecule has 1 fully saturated rings. The lowest BCUT2D eigenvalue weighted by molar-refractivity contribution is 0.0572. The number of nitrogens with two attached hydrogens (primary N) is 1. The first-order valence-corrected chi connectivity index (χ1v) is 7.46. The second kappa shape index (κ2) is 5.44. The molecule has 1 aromatic carbocycles. The molecule has 2 N–H and O–H groups in total. The van der Waals surface area contributed by atoms with Crippen molar-refractivity contribution >= 4 is 15.7 Å². The van der Waals surface area contributed by atoms with Crippen LogP contribution < -0.4 is 5.73 Å². The number of hydrogen-bond donors (Lipinski definition) is 1. The Balaban J connectivity index is 2.31. The van der Waals surface area contributed by atoms with Gasteiger partial charge in [0.15, 0.2) is 0 Å². The highest BCUT2D eigenvalue weighted by Gasteiger charge is 2.30. The fraction of sp³-hybridized carbons (Fsp3) is 0.500. The monoisotopic (exact) mass is 288 g/mol. The van der Waals surface area contributed by atoms with Crippen LogP contribution in [0.3, 0.4) is 0 Å². The van der Waals surface area contributed by atoms with Crippen molar-refractivity contribution in [2.75, 3.05) is 25.9 Å². The van der Waals surface area contributed by atoms with E-state index >= 15 is 0 Å². The minimum atomic E-state index is -3.72. The van der Waals surface area contributed by atoms with E-state index in [1.807, 2.05) is 0 Å². The molecule has 0 radical (unpaired) electrons. The Hall–Kier alpha value is -1.18. The van der Waals surface area contributed by atoms with Crippen LogP contribution in [0.5, 0.6) is 0 Å². The summed E-state index contributed by atoms with van der Waals surface area (Å²) in [5, 5.41) is 0. The van der Waals surface area contributed by atoms with Gasteiger partial charge in [0.2, 0.25) is 10.0 Å². The van der Waals surface area contributed by atoms with E-state index in [2.05, 4.69) is 0 Å². The lowest BCUT2D eigenvalue weighted by Crippen LogP contribution is -2.42. The van der Waals surface area contributed by atoms with Crippen LogP contribution in [0.1, 0.15) is 12.8 Å². The van der Waals surface area contributed by atoms with Gasteiger partial charge in [-0.3, -0.25) is 0 Å². The molecule has 0 saturated carbocycles. The highest BCUT2D eigenvalue weighted by Crippen LogP contribution is 2.24. The van der Waals surface area contributed by atoms with Gasteiger partial charge in [0.1, 0.15) is 5.82 Å². The summed E-state index contributed by atoms with van der Waals surface area (Å²) in [5.41, 5.74) is 5.59. The van der Waals surface area contributed by atoms with Crippen LogP contribution >= 0.6 is 0 Å². The van der Waals surface area contributed by atoms with Crippen molar-refractivity contribution in [3.63, 3.8) is 0 Å². The normalized spacial score (nSPS) is 21.5. The summed E-state index contributed by atoms with van der Waals surface area (Å²) < 4.78 is 44.6. The quantitative estimate of drug-likeness (QED) is 0.848. The fourth-order valence-corrected chi connectivity index (χ4v) is 3.77. The molecule has 106 valence electrons. The van der Waals surface area contributed by atoms with Crippen LogP contribution in [0.25, 0.3) is 0 Å². The van der Waals surface area contributed by atoms with Gasteiger partial charge in [-0.1, -0.05) is 0 Å². The summed E-state index contributed by atoms with van der Waals surface area (Å²) in [6.07, 6.45) is 1.44. The zero-order chi connectivity index (χ0) is 14.0. The number of methoxy groups -OCH3 is 1. The van der Waals surface area contributed by atoms with E-state index in [1.54, 1.807) is 7.11 Å². The van der Waals surface area contributed by atoms with Gasteiger partial charge in [-0.25, -0.2) is 12.8 Å². The number of piperidine rings is 1. The number of nitrogens with zero attached hydrogens (tertiary/aromatic N) is 1. The van der Waals surface area contributed by atoms with E-state index in [9.17, 15) is 12.8 Å². The fourth-order valence-electron chi connectivity index (χ4n) is 2.20. The van der Waals surface area contributed by atoms with Gasteiger partial charge in [0.25, 0.3) is 0 Å². The molecule has 0 spiro atoms. The molecule has 0 bridgehead atoms. The lowest BCUT2D eigenvalue weighted by Gasteiger charge is -2.31. The Morgan fingerprint density at radius 1 is 1.42 bits per heavy atom. The molecule has 0 aromatic heterocycles. The zero-order valence-corrected chi connectivity index (χ0v) is 11.5. The number of hydrogen-bond acceptors (Lipinski definition) is 4. The maximum atomic E-state index is 13.3. The first-order valence-electron chi connectivity index (χ1n) is 6.02. The number of sulfonamides is 1. The topological polar surface area (TPSA) is 72.6 Å². The van der Waals surface area contributed by atoms with Crippen molar-refractivity contribution in [2.24, 2.45) is 0 Å². The molecule has 1 aliphatic rings. The maximum Gasteiger partial charge on any atom is 0.243 e. The van der Waals surface area contributed by atoms with Gasteiger partial charge in [-0.2, -0.15) is 4.31 Å². The first kappa shape index (κ1) is 14.2. The Kier molecular flexibility index (Phi) is 4.07. The van der Waals surface area contributed by atoms with Crippen LogP contribution in [0, 0.1) is 5.82 Å². The van der Waals surface area contributed by atoms with Crippen molar-refractivity contribution in [1.29, 1.82) is 0 Å². The third-order valence-electron chi connectivity index (χ3n) is 3.21. The molecule has 7 heteroatoms. The van der Waals surface area contributed by atoms with Crippen molar-refractivity contribution < 1.29 is 17.5 Å². The minimum Gasteiger partial charge on any atom is -0.399 e. The van der Waals surface area contributed by atoms with Crippen molar-refractivity contribution in [2.45, 2.75) is 23.8 Å². The lowest BCUT2D eigenvalue weighted by atomic mass is 10.1. The van der Waals surface area contributed by atoms with Gasteiger partial charge < -0.3 is 10.5 Å². The molecule has 2 rings (SSSR count). The molecular formula is C12H17FN2O3S. The van der Waals surface area contributed by atoms with Crippen molar-refractivity contribution in [3.8, 4) is 0 Å². The number of ether oxygens (including phenoxy) is 1. The van der Waals surface area contributed by atoms with Crippen molar-refractivity contribution in [3.05, 3.63) is 24.0 Å². The predicted molar refractivity (Wildman–Crippen MR) is 69.6 cm³/mol. The van der Waals surface area contributed by atoms with Crippen LogP contribution in [-0.4, -0.2) is 39.0 Å². The number of rotatable bonds is 3.